The molecule has 0 atom stereocenters. The van der Waals surface area contributed by atoms with Crippen molar-refractivity contribution in [1.29, 1.82) is 0 Å². The Morgan fingerprint density at radius 2 is 1.48 bits per heavy atom. The minimum absolute atomic E-state index is 0.177. The molecule has 6 rings (SSSR count). The largest absolute Gasteiger partial charge is 0.274 e. The van der Waals surface area contributed by atoms with E-state index in [0.29, 0.717) is 17.7 Å². The van der Waals surface area contributed by atoms with Crippen LogP contribution in [0, 0.1) is 0 Å². The summed E-state index contributed by atoms with van der Waals surface area (Å²) in [7, 11) is 0. The van der Waals surface area contributed by atoms with Crippen LogP contribution in [0.1, 0.15) is 40.5 Å². The predicted molar refractivity (Wildman–Crippen MR) is 130 cm³/mol. The molecule has 31 heavy (non-hydrogen) atoms. The topological polar surface area (TPSA) is 37.4 Å². The first-order valence-corrected chi connectivity index (χ1v) is 12.2. The van der Waals surface area contributed by atoms with E-state index in [1.54, 1.807) is 22.7 Å². The quantitative estimate of drug-likeness (QED) is 0.274. The Kier molecular flexibility index (Phi) is 4.23. The molecule has 1 aliphatic heterocycles. The molecule has 152 valence electrons. The van der Waals surface area contributed by atoms with Crippen LogP contribution in [0.3, 0.4) is 0 Å². The Hall–Kier alpha value is -3.02. The van der Waals surface area contributed by atoms with Crippen molar-refractivity contribution in [3.8, 4) is 11.1 Å². The first-order valence-electron chi connectivity index (χ1n) is 10.5. The van der Waals surface area contributed by atoms with Crippen molar-refractivity contribution in [2.75, 3.05) is 6.54 Å². The van der Waals surface area contributed by atoms with Crippen molar-refractivity contribution in [2.24, 2.45) is 0 Å². The molecule has 0 radical (unpaired) electrons. The Bertz CT molecular complexity index is 1500. The summed E-state index contributed by atoms with van der Waals surface area (Å²) in [5.41, 5.74) is 3.49. The van der Waals surface area contributed by atoms with Crippen LogP contribution in [0.4, 0.5) is 0 Å². The fraction of sp³-hybridized carbons (Fsp3) is 0.154. The van der Waals surface area contributed by atoms with Crippen molar-refractivity contribution < 1.29 is 9.59 Å². The molecule has 0 spiro atoms. The fourth-order valence-corrected chi connectivity index (χ4v) is 6.99. The fourth-order valence-electron chi connectivity index (χ4n) is 4.62. The van der Waals surface area contributed by atoms with Crippen molar-refractivity contribution >= 4 is 64.7 Å². The van der Waals surface area contributed by atoms with Gasteiger partial charge in [0.15, 0.2) is 0 Å². The molecule has 3 heterocycles. The second-order valence-electron chi connectivity index (χ2n) is 7.90. The molecule has 0 fully saturated rings. The molecular weight excluding hydrogens is 422 g/mol. The van der Waals surface area contributed by atoms with Crippen LogP contribution in [0.2, 0.25) is 0 Å². The van der Waals surface area contributed by atoms with Crippen molar-refractivity contribution in [2.45, 2.75) is 19.8 Å². The van der Waals surface area contributed by atoms with Gasteiger partial charge in [-0.1, -0.05) is 49.7 Å². The number of unbranched alkanes of at least 4 members (excludes halogenated alkanes) is 1. The van der Waals surface area contributed by atoms with Gasteiger partial charge in [0.25, 0.3) is 11.8 Å². The monoisotopic (exact) mass is 441 g/mol. The highest BCUT2D eigenvalue weighted by Gasteiger charge is 2.33. The number of rotatable bonds is 4. The zero-order valence-corrected chi connectivity index (χ0v) is 18.6. The Morgan fingerprint density at radius 3 is 2.29 bits per heavy atom. The molecule has 0 saturated heterocycles. The van der Waals surface area contributed by atoms with Gasteiger partial charge in [-0.05, 0) is 40.9 Å². The van der Waals surface area contributed by atoms with Gasteiger partial charge in [-0.3, -0.25) is 14.5 Å². The number of nitrogens with zero attached hydrogens (tertiary/aromatic N) is 1. The molecule has 3 nitrogen and oxygen atoms in total. The highest BCUT2D eigenvalue weighted by atomic mass is 32.1. The maximum absolute atomic E-state index is 13.2. The van der Waals surface area contributed by atoms with Crippen LogP contribution in [0.25, 0.3) is 41.4 Å². The third kappa shape index (κ3) is 2.63. The molecule has 2 aromatic heterocycles. The van der Waals surface area contributed by atoms with Crippen molar-refractivity contribution in [1.82, 2.24) is 4.90 Å². The number of imide groups is 1. The van der Waals surface area contributed by atoms with E-state index < -0.39 is 0 Å². The summed E-state index contributed by atoms with van der Waals surface area (Å²) in [6.07, 6.45) is 1.76. The number of hydrogen-bond donors (Lipinski definition) is 0. The zero-order chi connectivity index (χ0) is 21.1. The lowest BCUT2D eigenvalue weighted by Crippen LogP contribution is -2.40. The first kappa shape index (κ1) is 18.7. The minimum atomic E-state index is -0.177. The lowest BCUT2D eigenvalue weighted by atomic mass is 9.89. The van der Waals surface area contributed by atoms with Crippen LogP contribution in [-0.2, 0) is 0 Å². The van der Waals surface area contributed by atoms with Crippen LogP contribution in [-0.4, -0.2) is 23.3 Å². The maximum atomic E-state index is 13.2. The van der Waals surface area contributed by atoms with Gasteiger partial charge in [0.2, 0.25) is 0 Å². The van der Waals surface area contributed by atoms with Crippen LogP contribution < -0.4 is 0 Å². The van der Waals surface area contributed by atoms with E-state index in [9.17, 15) is 9.59 Å². The van der Waals surface area contributed by atoms with E-state index in [0.717, 1.165) is 34.7 Å². The van der Waals surface area contributed by atoms with Gasteiger partial charge < -0.3 is 0 Å². The molecule has 1 aliphatic rings. The second-order valence-corrected chi connectivity index (χ2v) is 9.87. The average Bonchev–Trinajstić information content (AvgIpc) is 3.39. The number of amides is 2. The molecule has 5 heteroatoms. The van der Waals surface area contributed by atoms with Gasteiger partial charge in [-0.25, -0.2) is 0 Å². The van der Waals surface area contributed by atoms with Crippen molar-refractivity contribution in [3.63, 3.8) is 0 Å². The maximum Gasteiger partial charge on any atom is 0.261 e. The van der Waals surface area contributed by atoms with E-state index in [4.69, 9.17) is 0 Å². The first-order chi connectivity index (χ1) is 15.2. The number of carbonyl (C=O) groups excluding carboxylic acids is 2. The number of hydrogen-bond acceptors (Lipinski definition) is 4. The van der Waals surface area contributed by atoms with Gasteiger partial charge in [-0.15, -0.1) is 22.7 Å². The molecule has 5 aromatic rings. The molecule has 0 bridgehead atoms. The number of thiophene rings is 2. The second kappa shape index (κ2) is 7.01. The normalized spacial score (nSPS) is 13.8. The van der Waals surface area contributed by atoms with Crippen LogP contribution in [0.15, 0.2) is 60.0 Å². The van der Waals surface area contributed by atoms with E-state index in [2.05, 4.69) is 42.6 Å². The van der Waals surface area contributed by atoms with Gasteiger partial charge in [0.05, 0.1) is 4.70 Å². The average molecular weight is 442 g/mol. The standard InChI is InChI=1S/C26H19NO2S2/c1-2-3-13-27-25(28)18-8-4-6-16-15(10-11-19(22(16)18)26(27)29)17-7-5-9-20-23(17)31-21-12-14-30-24(20)21/h4-12,14H,2-3,13H2,1H3. The summed E-state index contributed by atoms with van der Waals surface area (Å²) in [5, 5.41) is 5.16. The minimum Gasteiger partial charge on any atom is -0.274 e. The highest BCUT2D eigenvalue weighted by Crippen LogP contribution is 2.44. The van der Waals surface area contributed by atoms with Gasteiger partial charge in [0, 0.05) is 43.4 Å². The van der Waals surface area contributed by atoms with Gasteiger partial charge >= 0.3 is 0 Å². The summed E-state index contributed by atoms with van der Waals surface area (Å²) in [5.74, 6) is -0.355. The molecule has 3 aromatic carbocycles. The Labute approximate surface area is 187 Å². The van der Waals surface area contributed by atoms with Crippen LogP contribution >= 0.6 is 22.7 Å². The third-order valence-corrected chi connectivity index (χ3v) is 8.40. The van der Waals surface area contributed by atoms with Gasteiger partial charge in [0.1, 0.15) is 0 Å². The summed E-state index contributed by atoms with van der Waals surface area (Å²) >= 11 is 3.58. The lowest BCUT2D eigenvalue weighted by Gasteiger charge is -2.27. The predicted octanol–water partition coefficient (Wildman–Crippen LogP) is 7.33. The molecular formula is C26H19NO2S2. The molecule has 2 amide bonds. The highest BCUT2D eigenvalue weighted by molar-refractivity contribution is 7.32. The summed E-state index contributed by atoms with van der Waals surface area (Å²) < 4.78 is 3.87. The van der Waals surface area contributed by atoms with E-state index in [-0.39, 0.29) is 11.8 Å². The SMILES string of the molecule is CCCCN1C(=O)c2cccc3c(-c4cccc5c4sc4ccsc45)ccc(c23)C1=O. The smallest absolute Gasteiger partial charge is 0.261 e. The third-order valence-electron chi connectivity index (χ3n) is 6.12. The summed E-state index contributed by atoms with van der Waals surface area (Å²) in [6.45, 7) is 2.53. The van der Waals surface area contributed by atoms with Crippen LogP contribution in [0.5, 0.6) is 0 Å². The molecule has 0 aliphatic carbocycles. The zero-order valence-electron chi connectivity index (χ0n) is 17.0. The molecule has 0 saturated carbocycles. The summed E-state index contributed by atoms with van der Waals surface area (Å²) in [6, 6.07) is 18.4. The number of benzene rings is 3. The Morgan fingerprint density at radius 1 is 0.774 bits per heavy atom. The summed E-state index contributed by atoms with van der Waals surface area (Å²) in [4.78, 5) is 27.8. The Balaban J connectivity index is 1.61. The molecule has 0 N–H and O–H groups in total. The molecule has 0 unspecified atom stereocenters. The van der Waals surface area contributed by atoms with Crippen molar-refractivity contribution in [3.05, 3.63) is 71.1 Å². The van der Waals surface area contributed by atoms with E-state index >= 15 is 0 Å². The number of carbonyl (C=O) groups is 2. The number of fused-ring (bicyclic) bond motifs is 3. The van der Waals surface area contributed by atoms with E-state index in [1.807, 2.05) is 24.3 Å². The lowest BCUT2D eigenvalue weighted by molar-refractivity contribution is 0.0608. The van der Waals surface area contributed by atoms with E-state index in [1.165, 1.54) is 24.4 Å². The van der Waals surface area contributed by atoms with Gasteiger partial charge in [-0.2, -0.15) is 0 Å².